The molecule has 6 nitrogen and oxygen atoms in total. The second-order valence-electron chi connectivity index (χ2n) is 7.64. The minimum Gasteiger partial charge on any atom is -0.507 e. The zero-order chi connectivity index (χ0) is 23.1. The van der Waals surface area contributed by atoms with Crippen LogP contribution in [0.4, 0.5) is 5.69 Å². The molecule has 33 heavy (non-hydrogen) atoms. The van der Waals surface area contributed by atoms with E-state index in [9.17, 15) is 14.7 Å². The van der Waals surface area contributed by atoms with E-state index >= 15 is 0 Å². The Kier molecular flexibility index (Phi) is 5.15. The number of Topliss-reactive ketones (excluding diaryl/α,β-unsaturated/α-hetero) is 1. The maximum atomic E-state index is 13.3. The lowest BCUT2D eigenvalue weighted by Crippen LogP contribution is -2.29. The number of fused-ring (bicyclic) bond motifs is 1. The van der Waals surface area contributed by atoms with Gasteiger partial charge in [-0.1, -0.05) is 48.0 Å². The summed E-state index contributed by atoms with van der Waals surface area (Å²) in [5.41, 5.74) is 2.30. The van der Waals surface area contributed by atoms with Gasteiger partial charge in [0.1, 0.15) is 11.5 Å². The van der Waals surface area contributed by atoms with E-state index in [0.717, 1.165) is 10.9 Å². The number of rotatable bonds is 4. The van der Waals surface area contributed by atoms with Crippen LogP contribution in [0.5, 0.6) is 5.75 Å². The SMILES string of the molecule is COc1ccc(Cl)cc1/C(O)=C1\C(=O)C(=O)N(c2ccccc2)C1c1c[nH]c2ccccc12. The molecule has 164 valence electrons. The Morgan fingerprint density at radius 3 is 2.52 bits per heavy atom. The number of benzene rings is 3. The van der Waals surface area contributed by atoms with E-state index in [1.807, 2.05) is 30.3 Å². The van der Waals surface area contributed by atoms with Gasteiger partial charge in [0, 0.05) is 33.4 Å². The Morgan fingerprint density at radius 2 is 1.76 bits per heavy atom. The van der Waals surface area contributed by atoms with Crippen LogP contribution < -0.4 is 9.64 Å². The van der Waals surface area contributed by atoms with Crippen LogP contribution in [0.2, 0.25) is 5.02 Å². The lowest BCUT2D eigenvalue weighted by Gasteiger charge is -2.25. The lowest BCUT2D eigenvalue weighted by atomic mass is 9.94. The molecule has 0 spiro atoms. The van der Waals surface area contributed by atoms with Gasteiger partial charge in [0.05, 0.1) is 24.3 Å². The summed E-state index contributed by atoms with van der Waals surface area (Å²) in [4.78, 5) is 31.2. The van der Waals surface area contributed by atoms with Crippen LogP contribution >= 0.6 is 11.6 Å². The van der Waals surface area contributed by atoms with Gasteiger partial charge < -0.3 is 14.8 Å². The van der Waals surface area contributed by atoms with Crippen molar-refractivity contribution in [3.05, 3.63) is 101 Å². The summed E-state index contributed by atoms with van der Waals surface area (Å²) in [6.45, 7) is 0. The number of ketones is 1. The van der Waals surface area contributed by atoms with E-state index in [1.54, 1.807) is 42.6 Å². The van der Waals surface area contributed by atoms with E-state index in [4.69, 9.17) is 16.3 Å². The summed E-state index contributed by atoms with van der Waals surface area (Å²) in [7, 11) is 1.46. The van der Waals surface area contributed by atoms with Gasteiger partial charge in [-0.25, -0.2) is 0 Å². The second kappa shape index (κ2) is 8.15. The Hall–Kier alpha value is -4.03. The fourth-order valence-electron chi connectivity index (χ4n) is 4.31. The fraction of sp³-hybridized carbons (Fsp3) is 0.0769. The summed E-state index contributed by atoms with van der Waals surface area (Å²) >= 11 is 6.17. The van der Waals surface area contributed by atoms with Crippen LogP contribution in [0.25, 0.3) is 16.7 Å². The average Bonchev–Trinajstić information content (AvgIpc) is 3.37. The molecule has 1 aromatic heterocycles. The number of aromatic nitrogens is 1. The van der Waals surface area contributed by atoms with Crippen LogP contribution in [0.1, 0.15) is 17.2 Å². The van der Waals surface area contributed by atoms with Gasteiger partial charge in [-0.2, -0.15) is 0 Å². The highest BCUT2D eigenvalue weighted by molar-refractivity contribution is 6.52. The number of aliphatic hydroxyl groups is 1. The zero-order valence-corrected chi connectivity index (χ0v) is 18.3. The fourth-order valence-corrected chi connectivity index (χ4v) is 4.48. The first-order chi connectivity index (χ1) is 16.0. The van der Waals surface area contributed by atoms with Crippen molar-refractivity contribution in [2.75, 3.05) is 12.0 Å². The second-order valence-corrected chi connectivity index (χ2v) is 8.08. The van der Waals surface area contributed by atoms with Crippen molar-refractivity contribution >= 4 is 45.6 Å². The maximum Gasteiger partial charge on any atom is 0.300 e. The number of anilines is 1. The number of H-pyrrole nitrogens is 1. The van der Waals surface area contributed by atoms with Crippen molar-refractivity contribution in [3.8, 4) is 5.75 Å². The summed E-state index contributed by atoms with van der Waals surface area (Å²) in [6, 6.07) is 20.4. The molecular weight excluding hydrogens is 440 g/mol. The smallest absolute Gasteiger partial charge is 0.300 e. The predicted molar refractivity (Wildman–Crippen MR) is 128 cm³/mol. The summed E-state index contributed by atoms with van der Waals surface area (Å²) in [6.07, 6.45) is 1.76. The third-order valence-corrected chi connectivity index (χ3v) is 6.05. The van der Waals surface area contributed by atoms with Gasteiger partial charge in [0.2, 0.25) is 0 Å². The van der Waals surface area contributed by atoms with Gasteiger partial charge in [-0.05, 0) is 36.4 Å². The Bertz CT molecular complexity index is 1420. The Balaban J connectivity index is 1.81. The minimum absolute atomic E-state index is 0.0332. The maximum absolute atomic E-state index is 13.3. The third kappa shape index (κ3) is 3.36. The summed E-state index contributed by atoms with van der Waals surface area (Å²) < 4.78 is 5.38. The number of methoxy groups -OCH3 is 1. The quantitative estimate of drug-likeness (QED) is 0.242. The molecular formula is C26H19ClN2O4. The van der Waals surface area contributed by atoms with Crippen molar-refractivity contribution < 1.29 is 19.4 Å². The molecule has 5 rings (SSSR count). The van der Waals surface area contributed by atoms with Crippen LogP contribution in [0, 0.1) is 0 Å². The zero-order valence-electron chi connectivity index (χ0n) is 17.6. The van der Waals surface area contributed by atoms with Gasteiger partial charge in [0.15, 0.2) is 0 Å². The molecule has 1 amide bonds. The highest BCUT2D eigenvalue weighted by atomic mass is 35.5. The monoisotopic (exact) mass is 458 g/mol. The molecule has 1 aliphatic rings. The minimum atomic E-state index is -0.854. The average molecular weight is 459 g/mol. The summed E-state index contributed by atoms with van der Waals surface area (Å²) in [5, 5.41) is 12.6. The molecule has 4 aromatic rings. The number of carbonyl (C=O) groups is 2. The van der Waals surface area contributed by atoms with Gasteiger partial charge >= 0.3 is 0 Å². The molecule has 2 N–H and O–H groups in total. The van der Waals surface area contributed by atoms with Gasteiger partial charge in [-0.15, -0.1) is 0 Å². The van der Waals surface area contributed by atoms with Gasteiger partial charge in [0.25, 0.3) is 11.7 Å². The molecule has 1 saturated heterocycles. The van der Waals surface area contributed by atoms with E-state index in [2.05, 4.69) is 4.98 Å². The van der Waals surface area contributed by atoms with Gasteiger partial charge in [-0.3, -0.25) is 14.5 Å². The third-order valence-electron chi connectivity index (χ3n) is 5.81. The molecule has 1 aliphatic heterocycles. The van der Waals surface area contributed by atoms with Crippen molar-refractivity contribution in [2.24, 2.45) is 0 Å². The number of hydrogen-bond acceptors (Lipinski definition) is 4. The largest absolute Gasteiger partial charge is 0.507 e. The lowest BCUT2D eigenvalue weighted by molar-refractivity contribution is -0.132. The molecule has 3 aromatic carbocycles. The Morgan fingerprint density at radius 1 is 1.03 bits per heavy atom. The number of aromatic amines is 1. The molecule has 1 unspecified atom stereocenters. The molecule has 0 radical (unpaired) electrons. The van der Waals surface area contributed by atoms with Crippen molar-refractivity contribution in [1.82, 2.24) is 4.98 Å². The van der Waals surface area contributed by atoms with Crippen LogP contribution in [-0.4, -0.2) is 28.9 Å². The molecule has 2 heterocycles. The normalized spacial score (nSPS) is 17.6. The van der Waals surface area contributed by atoms with E-state index in [-0.39, 0.29) is 16.9 Å². The molecule has 0 saturated carbocycles. The number of nitrogens with zero attached hydrogens (tertiary/aromatic N) is 1. The number of aliphatic hydroxyl groups excluding tert-OH is 1. The highest BCUT2D eigenvalue weighted by Crippen LogP contribution is 2.45. The number of carbonyl (C=O) groups excluding carboxylic acids is 2. The van der Waals surface area contributed by atoms with E-state index < -0.39 is 17.7 Å². The number of ether oxygens (including phenoxy) is 1. The first-order valence-corrected chi connectivity index (χ1v) is 10.6. The van der Waals surface area contributed by atoms with Crippen LogP contribution in [-0.2, 0) is 9.59 Å². The number of amides is 1. The first-order valence-electron chi connectivity index (χ1n) is 10.3. The number of hydrogen-bond donors (Lipinski definition) is 2. The van der Waals surface area contributed by atoms with Crippen molar-refractivity contribution in [2.45, 2.75) is 6.04 Å². The van der Waals surface area contributed by atoms with Crippen molar-refractivity contribution in [3.63, 3.8) is 0 Å². The first kappa shape index (κ1) is 20.8. The molecule has 7 heteroatoms. The predicted octanol–water partition coefficient (Wildman–Crippen LogP) is 5.46. The number of para-hydroxylation sites is 2. The van der Waals surface area contributed by atoms with Crippen LogP contribution in [0.15, 0.2) is 84.6 Å². The number of halogens is 1. The standard InChI is InChI=1S/C26H19ClN2O4/c1-33-21-12-11-15(27)13-18(21)24(30)22-23(19-14-28-20-10-6-5-9-17(19)20)29(26(32)25(22)31)16-7-3-2-4-8-16/h2-14,23,28,30H,1H3/b24-22+. The molecule has 1 atom stereocenters. The highest BCUT2D eigenvalue weighted by Gasteiger charge is 2.48. The van der Waals surface area contributed by atoms with Crippen LogP contribution in [0.3, 0.4) is 0 Å². The number of nitrogens with one attached hydrogen (secondary N) is 1. The topological polar surface area (TPSA) is 82.6 Å². The van der Waals surface area contributed by atoms with E-state index in [1.165, 1.54) is 18.1 Å². The summed E-state index contributed by atoms with van der Waals surface area (Å²) in [5.74, 6) is -1.52. The Labute approximate surface area is 194 Å². The van der Waals surface area contributed by atoms with Crippen molar-refractivity contribution in [1.29, 1.82) is 0 Å². The molecule has 1 fully saturated rings. The molecule has 0 bridgehead atoms. The van der Waals surface area contributed by atoms with E-state index in [0.29, 0.717) is 22.0 Å². The molecule has 0 aliphatic carbocycles.